The molecule has 1 aliphatic carbocycles. The molecule has 1 aromatic rings. The molecule has 2 aliphatic rings. The third kappa shape index (κ3) is 5.85. The molecular formula is C24H36FN5O4. The monoisotopic (exact) mass is 477 g/mol. The summed E-state index contributed by atoms with van der Waals surface area (Å²) in [5.74, 6) is -1.83. The number of nitrogens with one attached hydrogen (secondary N) is 3. The van der Waals surface area contributed by atoms with Gasteiger partial charge in [0.25, 0.3) is 5.91 Å². The van der Waals surface area contributed by atoms with Crippen LogP contribution in [0.15, 0.2) is 12.1 Å². The molecule has 1 aromatic carbocycles. The number of morpholine rings is 1. The molecule has 188 valence electrons. The number of halogens is 1. The highest BCUT2D eigenvalue weighted by Gasteiger charge is 2.35. The second-order valence-electron chi connectivity index (χ2n) is 9.21. The van der Waals surface area contributed by atoms with E-state index in [0.29, 0.717) is 37.7 Å². The summed E-state index contributed by atoms with van der Waals surface area (Å²) in [5, 5.41) is 40.5. The lowest BCUT2D eigenvalue weighted by Gasteiger charge is -2.42. The van der Waals surface area contributed by atoms with Gasteiger partial charge in [-0.1, -0.05) is 13.8 Å². The van der Waals surface area contributed by atoms with Crippen LogP contribution in [0.5, 0.6) is 11.5 Å². The van der Waals surface area contributed by atoms with E-state index in [1.807, 2.05) is 13.8 Å². The largest absolute Gasteiger partial charge is 0.508 e. The van der Waals surface area contributed by atoms with Gasteiger partial charge in [-0.05, 0) is 43.2 Å². The molecule has 10 heteroatoms. The van der Waals surface area contributed by atoms with Crippen molar-refractivity contribution in [3.05, 3.63) is 23.3 Å². The van der Waals surface area contributed by atoms with Crippen molar-refractivity contribution in [2.24, 2.45) is 0 Å². The number of hydrogen-bond acceptors (Lipinski definition) is 7. The molecule has 1 aliphatic heterocycles. The van der Waals surface area contributed by atoms with Gasteiger partial charge in [-0.15, -0.1) is 0 Å². The van der Waals surface area contributed by atoms with Crippen molar-refractivity contribution in [1.29, 1.82) is 10.8 Å². The number of phenolic OH excluding ortho intramolecular Hbond substituents is 2. The molecule has 1 heterocycles. The van der Waals surface area contributed by atoms with Crippen molar-refractivity contribution in [3.63, 3.8) is 0 Å². The summed E-state index contributed by atoms with van der Waals surface area (Å²) in [4.78, 5) is 16.3. The topological polar surface area (TPSA) is 133 Å². The van der Waals surface area contributed by atoms with Gasteiger partial charge in [0.05, 0.1) is 18.8 Å². The molecule has 1 saturated carbocycles. The van der Waals surface area contributed by atoms with Crippen molar-refractivity contribution in [2.45, 2.75) is 57.5 Å². The van der Waals surface area contributed by atoms with E-state index in [9.17, 15) is 19.4 Å². The molecule has 0 bridgehead atoms. The molecule has 3 rings (SSSR count). The summed E-state index contributed by atoms with van der Waals surface area (Å²) in [7, 11) is 0. The van der Waals surface area contributed by atoms with E-state index >= 15 is 0 Å². The Morgan fingerprint density at radius 1 is 1.18 bits per heavy atom. The van der Waals surface area contributed by atoms with Crippen LogP contribution in [0.3, 0.4) is 0 Å². The first-order chi connectivity index (χ1) is 16.2. The van der Waals surface area contributed by atoms with Gasteiger partial charge in [0.15, 0.2) is 5.84 Å². The van der Waals surface area contributed by atoms with Crippen LogP contribution >= 0.6 is 0 Å². The molecule has 5 N–H and O–H groups in total. The molecule has 0 spiro atoms. The number of aromatic hydroxyl groups is 2. The van der Waals surface area contributed by atoms with Gasteiger partial charge in [0.1, 0.15) is 24.0 Å². The predicted molar refractivity (Wildman–Crippen MR) is 128 cm³/mol. The molecule has 0 unspecified atom stereocenters. The van der Waals surface area contributed by atoms with Crippen LogP contribution < -0.4 is 5.32 Å². The SMILES string of the molecule is CC(C)c1cc(C(=N)N(C(=N)C(=O)NCCF)C2CCC(N3CCOCC3)CC2)c(O)cc1O. The number of hydrogen-bond donors (Lipinski definition) is 5. The second-order valence-corrected chi connectivity index (χ2v) is 9.21. The van der Waals surface area contributed by atoms with Crippen LogP contribution in [0.2, 0.25) is 0 Å². The number of alkyl halides is 1. The van der Waals surface area contributed by atoms with Crippen LogP contribution in [0.4, 0.5) is 4.39 Å². The van der Waals surface area contributed by atoms with Gasteiger partial charge in [0, 0.05) is 37.8 Å². The van der Waals surface area contributed by atoms with Gasteiger partial charge >= 0.3 is 0 Å². The van der Waals surface area contributed by atoms with Gasteiger partial charge in [-0.2, -0.15) is 0 Å². The zero-order chi connectivity index (χ0) is 24.8. The highest BCUT2D eigenvalue weighted by atomic mass is 19.1. The van der Waals surface area contributed by atoms with Crippen LogP contribution in [-0.4, -0.2) is 89.2 Å². The maximum absolute atomic E-state index is 12.6. The second kappa shape index (κ2) is 11.6. The number of rotatable bonds is 6. The molecule has 9 nitrogen and oxygen atoms in total. The van der Waals surface area contributed by atoms with Crippen molar-refractivity contribution in [3.8, 4) is 11.5 Å². The summed E-state index contributed by atoms with van der Waals surface area (Å²) in [5.41, 5.74) is 0.696. The molecule has 0 atom stereocenters. The third-order valence-electron chi connectivity index (χ3n) is 6.69. The van der Waals surface area contributed by atoms with Crippen molar-refractivity contribution < 1.29 is 24.1 Å². The number of benzene rings is 1. The molecule has 0 radical (unpaired) electrons. The van der Waals surface area contributed by atoms with E-state index < -0.39 is 18.4 Å². The maximum Gasteiger partial charge on any atom is 0.286 e. The Kier molecular flexibility index (Phi) is 8.84. The van der Waals surface area contributed by atoms with Crippen LogP contribution in [0, 0.1) is 10.8 Å². The van der Waals surface area contributed by atoms with E-state index in [1.54, 1.807) is 0 Å². The standard InChI is InChI=1S/C24H36FN5O4/c1-15(2)18-13-19(21(32)14-20(18)31)22(26)30(23(27)24(33)28-8-7-25)17-5-3-16(4-6-17)29-9-11-34-12-10-29/h13-17,26-27,31-32H,3-12H2,1-2H3,(H,28,33). The fourth-order valence-corrected chi connectivity index (χ4v) is 4.83. The number of carbonyl (C=O) groups is 1. The Hall–Kier alpha value is -2.72. The zero-order valence-electron chi connectivity index (χ0n) is 19.9. The number of amidine groups is 2. The Morgan fingerprint density at radius 2 is 1.82 bits per heavy atom. The number of phenols is 2. The Bertz CT molecular complexity index is 896. The van der Waals surface area contributed by atoms with Crippen molar-refractivity contribution >= 4 is 17.6 Å². The molecular weight excluding hydrogens is 441 g/mol. The minimum atomic E-state index is -0.764. The Morgan fingerprint density at radius 3 is 2.41 bits per heavy atom. The summed E-state index contributed by atoms with van der Waals surface area (Å²) >= 11 is 0. The minimum Gasteiger partial charge on any atom is -0.508 e. The molecule has 1 saturated heterocycles. The van der Waals surface area contributed by atoms with E-state index in [-0.39, 0.29) is 41.4 Å². The van der Waals surface area contributed by atoms with E-state index in [1.165, 1.54) is 17.0 Å². The molecule has 2 fully saturated rings. The van der Waals surface area contributed by atoms with Gasteiger partial charge in [-0.25, -0.2) is 4.39 Å². The normalized spacial score (nSPS) is 21.3. The number of ether oxygens (including phenoxy) is 1. The van der Waals surface area contributed by atoms with Gasteiger partial charge in [0.2, 0.25) is 0 Å². The number of carbonyl (C=O) groups excluding carboxylic acids is 1. The lowest BCUT2D eigenvalue weighted by molar-refractivity contribution is -0.115. The Balaban J connectivity index is 1.86. The third-order valence-corrected chi connectivity index (χ3v) is 6.69. The average molecular weight is 478 g/mol. The first kappa shape index (κ1) is 25.9. The Labute approximate surface area is 199 Å². The zero-order valence-corrected chi connectivity index (χ0v) is 19.9. The van der Waals surface area contributed by atoms with Crippen LogP contribution in [-0.2, 0) is 9.53 Å². The van der Waals surface area contributed by atoms with E-state index in [4.69, 9.17) is 15.6 Å². The molecule has 34 heavy (non-hydrogen) atoms. The van der Waals surface area contributed by atoms with Gasteiger partial charge < -0.3 is 25.2 Å². The average Bonchev–Trinajstić information content (AvgIpc) is 2.83. The fraction of sp³-hybridized carbons (Fsp3) is 0.625. The smallest absolute Gasteiger partial charge is 0.286 e. The van der Waals surface area contributed by atoms with E-state index in [0.717, 1.165) is 25.9 Å². The minimum absolute atomic E-state index is 0.0585. The maximum atomic E-state index is 12.6. The first-order valence-electron chi connectivity index (χ1n) is 11.9. The van der Waals surface area contributed by atoms with Crippen LogP contribution in [0.25, 0.3) is 0 Å². The fourth-order valence-electron chi connectivity index (χ4n) is 4.83. The first-order valence-corrected chi connectivity index (χ1v) is 11.9. The van der Waals surface area contributed by atoms with Gasteiger partial charge in [-0.3, -0.25) is 20.5 Å². The molecule has 0 aromatic heterocycles. The summed E-state index contributed by atoms with van der Waals surface area (Å²) in [6, 6.07) is 2.83. The summed E-state index contributed by atoms with van der Waals surface area (Å²) in [6.07, 6.45) is 3.04. The lowest BCUT2D eigenvalue weighted by Crippen LogP contribution is -2.53. The molecule has 1 amide bonds. The quantitative estimate of drug-likeness (QED) is 0.316. The van der Waals surface area contributed by atoms with Crippen LogP contribution in [0.1, 0.15) is 56.6 Å². The number of nitrogens with zero attached hydrogens (tertiary/aromatic N) is 2. The highest BCUT2D eigenvalue weighted by molar-refractivity contribution is 6.40. The van der Waals surface area contributed by atoms with E-state index in [2.05, 4.69) is 10.2 Å². The number of amides is 1. The van der Waals surface area contributed by atoms with Crippen molar-refractivity contribution in [1.82, 2.24) is 15.1 Å². The summed E-state index contributed by atoms with van der Waals surface area (Å²) in [6.45, 7) is 6.01. The highest BCUT2D eigenvalue weighted by Crippen LogP contribution is 2.34. The summed E-state index contributed by atoms with van der Waals surface area (Å²) < 4.78 is 18.1. The lowest BCUT2D eigenvalue weighted by atomic mass is 9.88. The predicted octanol–water partition coefficient (Wildman–Crippen LogP) is 2.55. The van der Waals surface area contributed by atoms with Crippen molar-refractivity contribution in [2.75, 3.05) is 39.5 Å².